The van der Waals surface area contributed by atoms with Gasteiger partial charge in [-0.15, -0.1) is 0 Å². The van der Waals surface area contributed by atoms with Crippen molar-refractivity contribution in [3.63, 3.8) is 0 Å². The van der Waals surface area contributed by atoms with Gasteiger partial charge in [-0.2, -0.15) is 0 Å². The molecule has 5 aliphatic carbocycles. The van der Waals surface area contributed by atoms with Crippen LogP contribution in [0.3, 0.4) is 0 Å². The lowest BCUT2D eigenvalue weighted by Crippen LogP contribution is -2.64. The van der Waals surface area contributed by atoms with Gasteiger partial charge in [0.15, 0.2) is 0 Å². The Morgan fingerprint density at radius 3 is 2.13 bits per heavy atom. The smallest absolute Gasteiger partial charge is 0.468 e. The molecule has 3 saturated carbocycles. The summed E-state index contributed by atoms with van der Waals surface area (Å²) in [6.07, 6.45) is 14.5. The monoisotopic (exact) mass is 635 g/mol. The Morgan fingerprint density at radius 2 is 1.50 bits per heavy atom. The number of esters is 1. The molecule has 1 amide bonds. The molecule has 0 aromatic rings. The maximum atomic E-state index is 14.1. The number of rotatable bonds is 4. The van der Waals surface area contributed by atoms with E-state index in [2.05, 4.69) is 93.6 Å². The van der Waals surface area contributed by atoms with Gasteiger partial charge >= 0.3 is 13.1 Å². The highest BCUT2D eigenvalue weighted by atomic mass is 16.7. The number of allylic oxidation sites excluding steroid dienone is 4. The van der Waals surface area contributed by atoms with E-state index in [0.29, 0.717) is 11.8 Å². The first-order chi connectivity index (χ1) is 21.1. The lowest BCUT2D eigenvalue weighted by atomic mass is 9.33. The number of nitrogens with one attached hydrogen (secondary N) is 1. The van der Waals surface area contributed by atoms with Gasteiger partial charge in [-0.1, -0.05) is 66.2 Å². The summed E-state index contributed by atoms with van der Waals surface area (Å²) in [6.45, 7) is 26.0. The molecule has 0 unspecified atom stereocenters. The first-order valence-corrected chi connectivity index (χ1v) is 18.2. The van der Waals surface area contributed by atoms with Gasteiger partial charge in [0.2, 0.25) is 5.91 Å². The molecule has 0 aromatic heterocycles. The average molecular weight is 636 g/mol. The number of hydrogen-bond acceptors (Lipinski definition) is 5. The van der Waals surface area contributed by atoms with Gasteiger partial charge in [0, 0.05) is 0 Å². The predicted octanol–water partition coefficient (Wildman–Crippen LogP) is 8.25. The highest BCUT2D eigenvalue weighted by Gasteiger charge is 2.69. The average Bonchev–Trinajstić information content (AvgIpc) is 3.16. The molecule has 6 nitrogen and oxygen atoms in total. The van der Waals surface area contributed by atoms with Crippen LogP contribution in [0.1, 0.15) is 134 Å². The predicted molar refractivity (Wildman–Crippen MR) is 184 cm³/mol. The minimum absolute atomic E-state index is 0.0345. The second-order valence-corrected chi connectivity index (χ2v) is 19.3. The summed E-state index contributed by atoms with van der Waals surface area (Å²) < 4.78 is 18.1. The molecule has 256 valence electrons. The Bertz CT molecular complexity index is 1350. The number of fused-ring (bicyclic) bond motifs is 7. The summed E-state index contributed by atoms with van der Waals surface area (Å²) in [4.78, 5) is 26.1. The number of hydrogen-bond donors (Lipinski definition) is 1. The van der Waals surface area contributed by atoms with Crippen molar-refractivity contribution in [3.8, 4) is 0 Å². The highest BCUT2D eigenvalue weighted by Crippen LogP contribution is 2.76. The lowest BCUT2D eigenvalue weighted by molar-refractivity contribution is -0.169. The van der Waals surface area contributed by atoms with Crippen LogP contribution in [0.15, 0.2) is 23.2 Å². The van der Waals surface area contributed by atoms with Gasteiger partial charge in [-0.25, -0.2) is 0 Å². The first kappa shape index (κ1) is 34.3. The van der Waals surface area contributed by atoms with Gasteiger partial charge in [-0.3, -0.25) is 9.59 Å². The molecule has 1 N–H and O–H groups in total. The second kappa shape index (κ2) is 10.5. The van der Waals surface area contributed by atoms with Crippen LogP contribution in [0.25, 0.3) is 0 Å². The van der Waals surface area contributed by atoms with Crippen LogP contribution in [0.2, 0.25) is 0 Å². The summed E-state index contributed by atoms with van der Waals surface area (Å²) in [5.74, 6) is 0.963. The Kier molecular flexibility index (Phi) is 7.79. The number of amides is 1. The minimum atomic E-state index is -0.452. The molecule has 0 bridgehead atoms. The minimum Gasteiger partial charge on any atom is -0.468 e. The molecule has 6 rings (SSSR count). The quantitative estimate of drug-likeness (QED) is 0.191. The molecular weight excluding hydrogens is 573 g/mol. The van der Waals surface area contributed by atoms with Crippen molar-refractivity contribution in [2.24, 2.45) is 50.2 Å². The maximum Gasteiger partial charge on any atom is 0.490 e. The molecule has 1 saturated heterocycles. The highest BCUT2D eigenvalue weighted by molar-refractivity contribution is 6.55. The van der Waals surface area contributed by atoms with E-state index in [0.717, 1.165) is 44.9 Å². The van der Waals surface area contributed by atoms with E-state index in [4.69, 9.17) is 14.0 Å². The fraction of sp³-hybridized carbons (Fsp3) is 0.846. The number of ether oxygens (including phenoxy) is 1. The van der Waals surface area contributed by atoms with Crippen LogP contribution in [-0.4, -0.2) is 43.9 Å². The standard InChI is InChI=1S/C39H62BNO5/c1-32(2)19-21-39(31(43)41-24-30(42)44-12)22-20-37(10)25(26(39)23-32)13-14-28-36(9)17-16-29(40-45-34(5,6)35(7,8)46-40)33(3,4)27(36)15-18-38(28,37)11/h13,16,26-28H,14-15,17-24H2,1-12H3,(H,41,43)/t26-,27-,28+,36-,37+,38+,39-/m0/s1. The first-order valence-electron chi connectivity index (χ1n) is 18.2. The fourth-order valence-electron chi connectivity index (χ4n) is 12.1. The van der Waals surface area contributed by atoms with E-state index in [1.165, 1.54) is 25.4 Å². The van der Waals surface area contributed by atoms with Crippen molar-refractivity contribution >= 4 is 19.0 Å². The molecule has 0 aromatic carbocycles. The van der Waals surface area contributed by atoms with Gasteiger partial charge in [-0.05, 0) is 136 Å². The van der Waals surface area contributed by atoms with Gasteiger partial charge in [0.25, 0.3) is 0 Å². The zero-order valence-corrected chi connectivity index (χ0v) is 31.1. The summed E-state index contributed by atoms with van der Waals surface area (Å²) in [7, 11) is 1.09. The van der Waals surface area contributed by atoms with Gasteiger partial charge in [0.05, 0.1) is 23.7 Å². The van der Waals surface area contributed by atoms with E-state index in [1.807, 2.05) is 0 Å². The number of carbonyl (C=O) groups excluding carboxylic acids is 2. The molecule has 7 atom stereocenters. The summed E-state index contributed by atoms with van der Waals surface area (Å²) in [5, 5.41) is 3.02. The summed E-state index contributed by atoms with van der Waals surface area (Å²) in [6, 6.07) is 0. The normalized spacial score (nSPS) is 43.1. The van der Waals surface area contributed by atoms with Crippen molar-refractivity contribution in [1.29, 1.82) is 0 Å². The van der Waals surface area contributed by atoms with E-state index in [9.17, 15) is 9.59 Å². The third kappa shape index (κ3) is 4.62. The van der Waals surface area contributed by atoms with Crippen LogP contribution >= 0.6 is 0 Å². The molecule has 1 heterocycles. The van der Waals surface area contributed by atoms with Gasteiger partial charge < -0.3 is 19.4 Å². The Hall–Kier alpha value is -1.60. The number of carbonyl (C=O) groups is 2. The molecule has 6 aliphatic rings. The van der Waals surface area contributed by atoms with Gasteiger partial charge in [0.1, 0.15) is 6.54 Å². The zero-order valence-electron chi connectivity index (χ0n) is 31.1. The molecule has 7 heteroatoms. The Labute approximate surface area is 279 Å². The van der Waals surface area contributed by atoms with Crippen LogP contribution < -0.4 is 5.32 Å². The largest absolute Gasteiger partial charge is 0.490 e. The maximum absolute atomic E-state index is 14.1. The van der Waals surface area contributed by atoms with Crippen molar-refractivity contribution in [3.05, 3.63) is 23.2 Å². The Balaban J connectivity index is 1.35. The van der Waals surface area contributed by atoms with Crippen LogP contribution in [-0.2, 0) is 23.6 Å². The third-order valence-corrected chi connectivity index (χ3v) is 15.9. The van der Waals surface area contributed by atoms with E-state index < -0.39 is 5.41 Å². The number of methoxy groups -OCH3 is 1. The van der Waals surface area contributed by atoms with E-state index in [1.54, 1.807) is 5.57 Å². The zero-order chi connectivity index (χ0) is 33.9. The molecule has 1 aliphatic heterocycles. The van der Waals surface area contributed by atoms with Crippen molar-refractivity contribution in [2.75, 3.05) is 13.7 Å². The van der Waals surface area contributed by atoms with Crippen LogP contribution in [0.5, 0.6) is 0 Å². The lowest BCUT2D eigenvalue weighted by Gasteiger charge is -2.70. The molecule has 0 spiro atoms. The van der Waals surface area contributed by atoms with Crippen molar-refractivity contribution in [1.82, 2.24) is 5.32 Å². The molecule has 0 radical (unpaired) electrons. The second-order valence-electron chi connectivity index (χ2n) is 19.3. The molecule has 4 fully saturated rings. The van der Waals surface area contributed by atoms with Crippen LogP contribution in [0.4, 0.5) is 0 Å². The topological polar surface area (TPSA) is 73.9 Å². The third-order valence-electron chi connectivity index (χ3n) is 15.9. The summed E-state index contributed by atoms with van der Waals surface area (Å²) in [5.41, 5.74) is 2.22. The fourth-order valence-corrected chi connectivity index (χ4v) is 12.1. The van der Waals surface area contributed by atoms with Crippen LogP contribution in [0, 0.1) is 50.2 Å². The SMILES string of the molecule is COC(=O)CNC(=O)[C@]12CCC(C)(C)C[C@H]1C1=CC[C@@H]3[C@@]4(C)CC=C(B5OC(C)(C)C(C)(C)O5)C(C)(C)[C@@H]4CC[C@@]3(C)[C@]1(C)CC2. The van der Waals surface area contributed by atoms with Crippen molar-refractivity contribution < 1.29 is 23.6 Å². The van der Waals surface area contributed by atoms with Crippen molar-refractivity contribution in [2.45, 2.75) is 145 Å². The van der Waals surface area contributed by atoms with E-state index in [-0.39, 0.29) is 69.7 Å². The molecule has 46 heavy (non-hydrogen) atoms. The molecular formula is C39H62BNO5. The summed E-state index contributed by atoms with van der Waals surface area (Å²) >= 11 is 0. The Morgan fingerprint density at radius 1 is 0.870 bits per heavy atom. The van der Waals surface area contributed by atoms with E-state index >= 15 is 0 Å².